The van der Waals surface area contributed by atoms with E-state index in [4.69, 9.17) is 44.4 Å². The van der Waals surface area contributed by atoms with Gasteiger partial charge in [0, 0.05) is 117 Å². The minimum atomic E-state index is -0.644. The standard InChI is InChI=1S/C35H45N5O5.C30H39N5O3/c1-35(2,3)45-34(42)36-28(21-24-13-14-25-10-6-7-11-26(25)20-24)22-31(41)39-17-8-12-27(23-39)32-37-29-15-16-30(44-5)38-33(29)40(32)18-9-19-43-4;1-37-16-6-15-35-29(32-26-12-13-27(38-2)33-30(26)35)24-9-5-14-34(20-24)28(36)19-25(31)18-21-10-11-22-7-3-4-8-23(22)17-21/h6-7,10-11,13-16,20,27-28H,8-9,12,17-19,21-23H2,1-5H3,(H,36,42);3-4,7-8,10-13,17,24-25,27,33H,5-6,9,14-16,18-20,31H2,1-2H3/t27?,28-;24?,25-,27?/m11/s1. The summed E-state index contributed by atoms with van der Waals surface area (Å²) in [5.41, 5.74) is 10.6. The predicted octanol–water partition coefficient (Wildman–Crippen LogP) is 10.0. The number of fused-ring (bicyclic) bond motifs is 4. The molecule has 3 amide bonds. The number of amides is 3. The number of carbonyl (C=O) groups is 3. The van der Waals surface area contributed by atoms with Gasteiger partial charge in [-0.05, 0) is 123 Å². The Balaban J connectivity index is 0.000000202. The van der Waals surface area contributed by atoms with E-state index in [0.29, 0.717) is 64.5 Å². The summed E-state index contributed by atoms with van der Waals surface area (Å²) in [5.74, 6) is 3.84. The number of aryl methyl sites for hydroxylation is 1. The van der Waals surface area contributed by atoms with E-state index in [1.54, 1.807) is 28.4 Å². The van der Waals surface area contributed by atoms with Gasteiger partial charge in [0.05, 0.1) is 7.11 Å². The maximum atomic E-state index is 13.9. The van der Waals surface area contributed by atoms with E-state index < -0.39 is 17.7 Å². The summed E-state index contributed by atoms with van der Waals surface area (Å²) in [5, 5.41) is 11.1. The number of ether oxygens (including phenoxy) is 5. The third kappa shape index (κ3) is 15.8. The van der Waals surface area contributed by atoms with Crippen molar-refractivity contribution < 1.29 is 38.1 Å². The number of benzene rings is 4. The number of methoxy groups -OCH3 is 4. The molecule has 2 fully saturated rings. The van der Waals surface area contributed by atoms with Crippen LogP contribution in [0.2, 0.25) is 0 Å². The van der Waals surface area contributed by atoms with Crippen LogP contribution in [-0.4, -0.2) is 144 Å². The Hall–Kier alpha value is -7.38. The molecule has 4 aromatic carbocycles. The largest absolute Gasteiger partial charge is 0.481 e. The number of nitrogens with zero attached hydrogens (tertiary/aromatic N) is 7. The van der Waals surface area contributed by atoms with Gasteiger partial charge >= 0.3 is 6.09 Å². The second-order valence-electron chi connectivity index (χ2n) is 23.2. The van der Waals surface area contributed by atoms with Gasteiger partial charge in [0.1, 0.15) is 40.5 Å². The molecule has 3 aromatic heterocycles. The number of carbonyl (C=O) groups excluding carboxylic acids is 3. The third-order valence-electron chi connectivity index (χ3n) is 15.7. The predicted molar refractivity (Wildman–Crippen MR) is 326 cm³/mol. The molecular weight excluding hydrogens is 1050 g/mol. The number of nitrogens with two attached hydrogens (primary N) is 1. The third-order valence-corrected chi connectivity index (χ3v) is 15.7. The minimum Gasteiger partial charge on any atom is -0.481 e. The molecule has 7 aromatic rings. The van der Waals surface area contributed by atoms with E-state index in [-0.39, 0.29) is 42.3 Å². The van der Waals surface area contributed by atoms with Gasteiger partial charge in [-0.3, -0.25) is 9.59 Å². The highest BCUT2D eigenvalue weighted by atomic mass is 16.6. The van der Waals surface area contributed by atoms with Gasteiger partial charge in [0.2, 0.25) is 17.7 Å². The van der Waals surface area contributed by atoms with Crippen molar-refractivity contribution in [2.75, 3.05) is 73.1 Å². The zero-order chi connectivity index (χ0) is 58.5. The van der Waals surface area contributed by atoms with Crippen LogP contribution < -0.4 is 21.1 Å². The summed E-state index contributed by atoms with van der Waals surface area (Å²) < 4.78 is 31.5. The molecule has 4 N–H and O–H groups in total. The number of hydrogen-bond acceptors (Lipinski definition) is 13. The number of pyridine rings is 1. The Morgan fingerprint density at radius 1 is 0.699 bits per heavy atom. The van der Waals surface area contributed by atoms with Gasteiger partial charge in [-0.25, -0.2) is 14.8 Å². The normalized spacial score (nSPS) is 17.8. The van der Waals surface area contributed by atoms with Crippen LogP contribution in [0.5, 0.6) is 5.88 Å². The van der Waals surface area contributed by atoms with Crippen molar-refractivity contribution >= 4 is 62.5 Å². The van der Waals surface area contributed by atoms with Crippen molar-refractivity contribution in [1.29, 1.82) is 0 Å². The van der Waals surface area contributed by atoms with Crippen LogP contribution in [0.1, 0.15) is 112 Å². The molecule has 6 heterocycles. The van der Waals surface area contributed by atoms with Crippen LogP contribution in [-0.2, 0) is 54.5 Å². The lowest BCUT2D eigenvalue weighted by molar-refractivity contribution is -0.133. The summed E-state index contributed by atoms with van der Waals surface area (Å²) in [6.07, 6.45) is 10.4. The fourth-order valence-electron chi connectivity index (χ4n) is 11.7. The first-order chi connectivity index (χ1) is 40.2. The van der Waals surface area contributed by atoms with Crippen molar-refractivity contribution in [2.24, 2.45) is 5.73 Å². The maximum Gasteiger partial charge on any atom is 0.407 e. The lowest BCUT2D eigenvalue weighted by Gasteiger charge is -2.34. The van der Waals surface area contributed by atoms with Gasteiger partial charge in [-0.2, -0.15) is 4.98 Å². The van der Waals surface area contributed by atoms with Gasteiger partial charge < -0.3 is 59.0 Å². The van der Waals surface area contributed by atoms with Crippen LogP contribution >= 0.6 is 0 Å². The van der Waals surface area contributed by atoms with E-state index in [9.17, 15) is 14.4 Å². The molecule has 0 saturated carbocycles. The second-order valence-corrected chi connectivity index (χ2v) is 23.2. The molecule has 83 heavy (non-hydrogen) atoms. The Morgan fingerprint density at radius 3 is 1.87 bits per heavy atom. The summed E-state index contributed by atoms with van der Waals surface area (Å²) in [7, 11) is 6.72. The van der Waals surface area contributed by atoms with Crippen molar-refractivity contribution in [3.63, 3.8) is 0 Å². The van der Waals surface area contributed by atoms with Gasteiger partial charge in [-0.15, -0.1) is 0 Å². The Morgan fingerprint density at radius 2 is 1.28 bits per heavy atom. The van der Waals surface area contributed by atoms with Crippen LogP contribution in [0.3, 0.4) is 0 Å². The summed E-state index contributed by atoms with van der Waals surface area (Å²) >= 11 is 0. The smallest absolute Gasteiger partial charge is 0.407 e. The van der Waals surface area contributed by atoms with Crippen molar-refractivity contribution in [3.05, 3.63) is 132 Å². The highest BCUT2D eigenvalue weighted by molar-refractivity contribution is 5.84. The molecule has 442 valence electrons. The highest BCUT2D eigenvalue weighted by Crippen LogP contribution is 2.35. The minimum absolute atomic E-state index is 0.00314. The molecule has 0 bridgehead atoms. The molecule has 3 aliphatic rings. The van der Waals surface area contributed by atoms with Gasteiger partial charge in [-0.1, -0.05) is 84.9 Å². The zero-order valence-electron chi connectivity index (χ0n) is 49.5. The van der Waals surface area contributed by atoms with E-state index in [1.807, 2.05) is 79.1 Å². The molecule has 3 aliphatic heterocycles. The molecule has 0 radical (unpaired) electrons. The Labute approximate surface area is 488 Å². The number of imidazole rings is 2. The number of aromatic nitrogens is 5. The first kappa shape index (κ1) is 60.2. The molecule has 5 atom stereocenters. The van der Waals surface area contributed by atoms with Crippen LogP contribution in [0.25, 0.3) is 38.8 Å². The number of hydrogen-bond donors (Lipinski definition) is 3. The number of likely N-dealkylation sites (tertiary alicyclic amines) is 2. The molecule has 2 saturated heterocycles. The molecule has 0 aliphatic carbocycles. The number of anilines is 1. The fraction of sp³-hybridized carbons (Fsp3) is 0.477. The molecule has 10 rings (SSSR count). The average Bonchev–Trinajstić information content (AvgIpc) is 2.79. The summed E-state index contributed by atoms with van der Waals surface area (Å²) in [6, 6.07) is 32.3. The molecular formula is C65H84N10O8. The second kappa shape index (κ2) is 28.3. The molecule has 18 heteroatoms. The number of rotatable bonds is 21. The SMILES string of the molecule is COCCCn1c(C2CCCN(C(=O)C[C@@H](Cc3ccc4ccccc4c3)NC(=O)OC(C)(C)C)C2)nc2ccc(OC)nc21.COCCCn1c(C2CCCN(C(=O)C[C@H](N)Cc3ccc4ccccc4c3)C2)nc2c1NC(OC)C=C2. The monoisotopic (exact) mass is 1130 g/mol. The van der Waals surface area contributed by atoms with E-state index >= 15 is 0 Å². The van der Waals surface area contributed by atoms with Crippen molar-refractivity contribution in [3.8, 4) is 5.88 Å². The summed E-state index contributed by atoms with van der Waals surface area (Å²) in [6.45, 7) is 11.0. The van der Waals surface area contributed by atoms with Crippen molar-refractivity contribution in [1.82, 2.24) is 39.2 Å². The Kier molecular flexibility index (Phi) is 20.5. The highest BCUT2D eigenvalue weighted by Gasteiger charge is 2.33. The Bertz CT molecular complexity index is 3350. The first-order valence-corrected chi connectivity index (χ1v) is 29.4. The topological polar surface area (TPSA) is 202 Å². The van der Waals surface area contributed by atoms with Crippen LogP contribution in [0, 0.1) is 0 Å². The lowest BCUT2D eigenvalue weighted by Crippen LogP contribution is -2.46. The van der Waals surface area contributed by atoms with Crippen molar-refractivity contribution in [2.45, 2.75) is 134 Å². The molecule has 18 nitrogen and oxygen atoms in total. The first-order valence-electron chi connectivity index (χ1n) is 29.4. The molecule has 3 unspecified atom stereocenters. The van der Waals surface area contributed by atoms with Crippen LogP contribution in [0.4, 0.5) is 10.6 Å². The van der Waals surface area contributed by atoms with Gasteiger partial charge in [0.15, 0.2) is 5.65 Å². The van der Waals surface area contributed by atoms with E-state index in [2.05, 4.69) is 80.4 Å². The van der Waals surface area contributed by atoms with Gasteiger partial charge in [0.25, 0.3) is 0 Å². The quantitative estimate of drug-likeness (QED) is 0.0575. The molecule has 0 spiro atoms. The maximum absolute atomic E-state index is 13.9. The fourth-order valence-corrected chi connectivity index (χ4v) is 11.7. The average molecular weight is 1130 g/mol. The number of piperidine rings is 2. The zero-order valence-corrected chi connectivity index (χ0v) is 49.5. The van der Waals surface area contributed by atoms with Crippen LogP contribution in [0.15, 0.2) is 103 Å². The van der Waals surface area contributed by atoms with E-state index in [0.717, 1.165) is 102 Å². The number of alkyl carbamates (subject to hydrolysis) is 1. The lowest BCUT2D eigenvalue weighted by atomic mass is 9.95. The summed E-state index contributed by atoms with van der Waals surface area (Å²) in [4.78, 5) is 58.7. The van der Waals surface area contributed by atoms with E-state index in [1.165, 1.54) is 16.3 Å². The number of nitrogens with one attached hydrogen (secondary N) is 2.